The van der Waals surface area contributed by atoms with Crippen molar-refractivity contribution < 1.29 is 24.2 Å². The van der Waals surface area contributed by atoms with Crippen molar-refractivity contribution in [3.63, 3.8) is 0 Å². The summed E-state index contributed by atoms with van der Waals surface area (Å²) < 4.78 is 5.88. The standard InChI is InChI=1S/C19H34N2O5/c1-6-18(7-2,12-21-15(22)11-20(10-5)17(21)25)13-26-14-19(8-3,9-4)16(23)24/h6-14H2,1-5H3,(H,23,24). The molecule has 0 unspecified atom stereocenters. The molecule has 3 amide bonds. The number of carbonyl (C=O) groups excluding carboxylic acids is 2. The molecule has 7 heteroatoms. The largest absolute Gasteiger partial charge is 0.481 e. The minimum absolute atomic E-state index is 0.132. The fourth-order valence-electron chi connectivity index (χ4n) is 3.34. The number of carboxylic acids is 1. The van der Waals surface area contributed by atoms with Gasteiger partial charge in [-0.25, -0.2) is 4.79 Å². The zero-order valence-corrected chi connectivity index (χ0v) is 16.8. The van der Waals surface area contributed by atoms with Gasteiger partial charge in [-0.1, -0.05) is 27.7 Å². The summed E-state index contributed by atoms with van der Waals surface area (Å²) in [6.45, 7) is 11.0. The Balaban J connectivity index is 2.83. The van der Waals surface area contributed by atoms with E-state index in [1.807, 2.05) is 34.6 Å². The smallest absolute Gasteiger partial charge is 0.327 e. The molecule has 0 bridgehead atoms. The zero-order chi connectivity index (χ0) is 20.0. The lowest BCUT2D eigenvalue weighted by atomic mass is 9.81. The molecule has 1 aliphatic heterocycles. The second-order valence-electron chi connectivity index (χ2n) is 7.27. The average Bonchev–Trinajstić information content (AvgIpc) is 2.91. The van der Waals surface area contributed by atoms with Gasteiger partial charge in [0.05, 0.1) is 18.6 Å². The van der Waals surface area contributed by atoms with Gasteiger partial charge in [0.1, 0.15) is 6.54 Å². The van der Waals surface area contributed by atoms with Gasteiger partial charge in [0.25, 0.3) is 0 Å². The van der Waals surface area contributed by atoms with Crippen LogP contribution in [0, 0.1) is 10.8 Å². The molecule has 1 heterocycles. The molecule has 150 valence electrons. The van der Waals surface area contributed by atoms with Gasteiger partial charge in [-0.3, -0.25) is 14.5 Å². The molecule has 0 radical (unpaired) electrons. The molecule has 0 atom stereocenters. The summed E-state index contributed by atoms with van der Waals surface area (Å²) in [5.41, 5.74) is -1.24. The molecule has 0 aliphatic carbocycles. The lowest BCUT2D eigenvalue weighted by Crippen LogP contribution is -2.45. The van der Waals surface area contributed by atoms with Crippen molar-refractivity contribution in [2.75, 3.05) is 32.8 Å². The Morgan fingerprint density at radius 1 is 1.04 bits per heavy atom. The van der Waals surface area contributed by atoms with Crippen LogP contribution in [0.4, 0.5) is 4.79 Å². The van der Waals surface area contributed by atoms with Crippen molar-refractivity contribution in [1.29, 1.82) is 0 Å². The van der Waals surface area contributed by atoms with E-state index in [-0.39, 0.29) is 30.5 Å². The second kappa shape index (κ2) is 9.35. The third-order valence-electron chi connectivity index (χ3n) is 6.10. The van der Waals surface area contributed by atoms with E-state index in [0.29, 0.717) is 32.5 Å². The SMILES string of the molecule is CCN1CC(=O)N(CC(CC)(CC)COCC(CC)(CC)C(=O)O)C1=O. The van der Waals surface area contributed by atoms with E-state index in [1.54, 1.807) is 0 Å². The van der Waals surface area contributed by atoms with E-state index in [1.165, 1.54) is 9.80 Å². The summed E-state index contributed by atoms with van der Waals surface area (Å²) in [5, 5.41) is 9.54. The van der Waals surface area contributed by atoms with Crippen molar-refractivity contribution in [2.45, 2.75) is 60.3 Å². The molecule has 0 spiro atoms. The molecule has 1 rings (SSSR count). The second-order valence-corrected chi connectivity index (χ2v) is 7.27. The Kier molecular flexibility index (Phi) is 8.06. The van der Waals surface area contributed by atoms with E-state index >= 15 is 0 Å². The highest BCUT2D eigenvalue weighted by Crippen LogP contribution is 2.32. The number of hydrogen-bond acceptors (Lipinski definition) is 4. The minimum Gasteiger partial charge on any atom is -0.481 e. The van der Waals surface area contributed by atoms with Gasteiger partial charge in [0, 0.05) is 18.5 Å². The van der Waals surface area contributed by atoms with Crippen molar-refractivity contribution in [2.24, 2.45) is 10.8 Å². The number of likely N-dealkylation sites (N-methyl/N-ethyl adjacent to an activating group) is 1. The maximum absolute atomic E-state index is 12.4. The van der Waals surface area contributed by atoms with Crippen LogP contribution < -0.4 is 0 Å². The van der Waals surface area contributed by atoms with Crippen LogP contribution >= 0.6 is 0 Å². The topological polar surface area (TPSA) is 87.2 Å². The number of nitrogens with zero attached hydrogens (tertiary/aromatic N) is 2. The number of carbonyl (C=O) groups is 3. The van der Waals surface area contributed by atoms with Crippen LogP contribution in [0.1, 0.15) is 60.3 Å². The number of urea groups is 1. The summed E-state index contributed by atoms with van der Waals surface area (Å²) in [4.78, 5) is 39.1. The monoisotopic (exact) mass is 370 g/mol. The molecular weight excluding hydrogens is 336 g/mol. The Bertz CT molecular complexity index is 512. The molecule has 1 N–H and O–H groups in total. The summed E-state index contributed by atoms with van der Waals surface area (Å²) in [7, 11) is 0. The number of imide groups is 1. The highest BCUT2D eigenvalue weighted by atomic mass is 16.5. The van der Waals surface area contributed by atoms with Crippen LogP contribution in [-0.4, -0.2) is 65.7 Å². The summed E-state index contributed by atoms with van der Waals surface area (Å²) in [6.07, 6.45) is 2.48. The van der Waals surface area contributed by atoms with Crippen molar-refractivity contribution >= 4 is 17.9 Å². The lowest BCUT2D eigenvalue weighted by molar-refractivity contribution is -0.155. The molecule has 0 aromatic rings. The van der Waals surface area contributed by atoms with Crippen LogP contribution in [0.2, 0.25) is 0 Å². The maximum atomic E-state index is 12.4. The van der Waals surface area contributed by atoms with Gasteiger partial charge in [-0.05, 0) is 32.6 Å². The molecule has 1 saturated heterocycles. The Morgan fingerprint density at radius 3 is 2.00 bits per heavy atom. The third-order valence-corrected chi connectivity index (χ3v) is 6.10. The van der Waals surface area contributed by atoms with E-state index in [0.717, 1.165) is 12.8 Å². The zero-order valence-electron chi connectivity index (χ0n) is 16.8. The van der Waals surface area contributed by atoms with Crippen molar-refractivity contribution in [3.8, 4) is 0 Å². The molecule has 1 fully saturated rings. The number of rotatable bonds is 12. The summed E-state index contributed by atoms with van der Waals surface area (Å²) in [5.74, 6) is -1.02. The number of hydrogen-bond donors (Lipinski definition) is 1. The fourth-order valence-corrected chi connectivity index (χ4v) is 3.34. The number of ether oxygens (including phenoxy) is 1. The van der Waals surface area contributed by atoms with E-state index < -0.39 is 11.4 Å². The van der Waals surface area contributed by atoms with Crippen LogP contribution in [0.25, 0.3) is 0 Å². The molecule has 0 saturated carbocycles. The van der Waals surface area contributed by atoms with Crippen LogP contribution in [0.15, 0.2) is 0 Å². The van der Waals surface area contributed by atoms with E-state index in [4.69, 9.17) is 4.74 Å². The highest BCUT2D eigenvalue weighted by Gasteiger charge is 2.41. The Labute approximate surface area is 156 Å². The van der Waals surface area contributed by atoms with Crippen LogP contribution in [0.5, 0.6) is 0 Å². The quantitative estimate of drug-likeness (QED) is 0.534. The first-order valence-corrected chi connectivity index (χ1v) is 9.65. The molecule has 26 heavy (non-hydrogen) atoms. The van der Waals surface area contributed by atoms with Crippen molar-refractivity contribution in [3.05, 3.63) is 0 Å². The van der Waals surface area contributed by atoms with E-state index in [2.05, 4.69) is 0 Å². The molecular formula is C19H34N2O5. The van der Waals surface area contributed by atoms with Gasteiger partial charge in [0.2, 0.25) is 5.91 Å². The maximum Gasteiger partial charge on any atom is 0.327 e. The Hall–Kier alpha value is -1.63. The van der Waals surface area contributed by atoms with E-state index in [9.17, 15) is 19.5 Å². The van der Waals surface area contributed by atoms with Gasteiger partial charge in [-0.15, -0.1) is 0 Å². The minimum atomic E-state index is -0.883. The lowest BCUT2D eigenvalue weighted by Gasteiger charge is -2.36. The first kappa shape index (κ1) is 22.4. The van der Waals surface area contributed by atoms with Gasteiger partial charge >= 0.3 is 12.0 Å². The molecule has 0 aromatic carbocycles. The highest BCUT2D eigenvalue weighted by molar-refractivity contribution is 6.02. The van der Waals surface area contributed by atoms with Gasteiger partial charge in [-0.2, -0.15) is 0 Å². The predicted molar refractivity (Wildman–Crippen MR) is 98.8 cm³/mol. The molecule has 1 aliphatic rings. The first-order valence-electron chi connectivity index (χ1n) is 9.65. The summed E-state index contributed by atoms with van der Waals surface area (Å²) >= 11 is 0. The number of aliphatic carboxylic acids is 1. The first-order chi connectivity index (χ1) is 12.2. The molecule has 0 aromatic heterocycles. The number of amides is 3. The predicted octanol–water partition coefficient (Wildman–Crippen LogP) is 2.98. The number of carboxylic acid groups (broad SMARTS) is 1. The van der Waals surface area contributed by atoms with Gasteiger partial charge in [0.15, 0.2) is 0 Å². The normalized spacial score (nSPS) is 15.9. The average molecular weight is 370 g/mol. The van der Waals surface area contributed by atoms with Crippen molar-refractivity contribution in [1.82, 2.24) is 9.80 Å². The molecule has 7 nitrogen and oxygen atoms in total. The Morgan fingerprint density at radius 2 is 1.62 bits per heavy atom. The fraction of sp³-hybridized carbons (Fsp3) is 0.842. The third kappa shape index (κ3) is 4.55. The van der Waals surface area contributed by atoms with Crippen LogP contribution in [0.3, 0.4) is 0 Å². The van der Waals surface area contributed by atoms with Crippen LogP contribution in [-0.2, 0) is 14.3 Å². The van der Waals surface area contributed by atoms with Gasteiger partial charge < -0.3 is 14.7 Å². The summed E-state index contributed by atoms with van der Waals surface area (Å²) in [6, 6.07) is -0.245.